The van der Waals surface area contributed by atoms with E-state index in [1.54, 1.807) is 13.0 Å². The smallest absolute Gasteiger partial charge is 0.310 e. The zero-order chi connectivity index (χ0) is 18.8. The molecule has 0 atom stereocenters. The van der Waals surface area contributed by atoms with Gasteiger partial charge in [0.05, 0.1) is 10.5 Å². The average molecular weight is 375 g/mol. The fourth-order valence-corrected chi connectivity index (χ4v) is 4.26. The Bertz CT molecular complexity index is 906. The molecule has 2 aromatic rings. The molecule has 1 heterocycles. The number of nitro benzene ring substituents is 1. The van der Waals surface area contributed by atoms with Crippen LogP contribution in [0.1, 0.15) is 32.8 Å². The minimum atomic E-state index is -0.574. The Labute approximate surface area is 153 Å². The molecule has 3 N–H and O–H groups in total. The Morgan fingerprint density at radius 2 is 2.15 bits per heavy atom. The summed E-state index contributed by atoms with van der Waals surface area (Å²) >= 11 is 1.34. The molecule has 3 rings (SSSR count). The number of nitrogens with one attached hydrogen (secondary N) is 1. The van der Waals surface area contributed by atoms with Gasteiger partial charge in [0.15, 0.2) is 12.4 Å². The Morgan fingerprint density at radius 3 is 2.85 bits per heavy atom. The van der Waals surface area contributed by atoms with E-state index in [0.717, 1.165) is 35.3 Å². The number of anilines is 1. The van der Waals surface area contributed by atoms with Crippen LogP contribution in [-0.2, 0) is 17.6 Å². The number of primary amides is 1. The van der Waals surface area contributed by atoms with Crippen LogP contribution in [0.4, 0.5) is 10.7 Å². The summed E-state index contributed by atoms with van der Waals surface area (Å²) in [6, 6.07) is 4.43. The minimum absolute atomic E-state index is 0.0222. The van der Waals surface area contributed by atoms with Gasteiger partial charge in [-0.1, -0.05) is 6.07 Å². The van der Waals surface area contributed by atoms with Crippen molar-refractivity contribution in [2.45, 2.75) is 26.2 Å². The number of fused-ring (bicyclic) bond motifs is 1. The van der Waals surface area contributed by atoms with Crippen LogP contribution in [0.15, 0.2) is 18.2 Å². The van der Waals surface area contributed by atoms with Crippen molar-refractivity contribution < 1.29 is 19.2 Å². The van der Waals surface area contributed by atoms with E-state index in [0.29, 0.717) is 10.6 Å². The second kappa shape index (κ2) is 7.12. The summed E-state index contributed by atoms with van der Waals surface area (Å²) in [5.41, 5.74) is 7.28. The molecule has 0 unspecified atom stereocenters. The second-order valence-electron chi connectivity index (χ2n) is 5.99. The lowest BCUT2D eigenvalue weighted by molar-refractivity contribution is -0.385. The number of amides is 2. The number of ether oxygens (including phenoxy) is 1. The van der Waals surface area contributed by atoms with Crippen molar-refractivity contribution in [3.05, 3.63) is 49.9 Å². The molecule has 0 radical (unpaired) electrons. The first-order chi connectivity index (χ1) is 12.4. The molecule has 2 amide bonds. The Morgan fingerprint density at radius 1 is 1.38 bits per heavy atom. The first-order valence-electron chi connectivity index (χ1n) is 7.99. The van der Waals surface area contributed by atoms with E-state index < -0.39 is 23.3 Å². The first-order valence-corrected chi connectivity index (χ1v) is 8.80. The molecule has 0 spiro atoms. The molecule has 1 aliphatic carbocycles. The molecule has 1 aliphatic rings. The van der Waals surface area contributed by atoms with Crippen molar-refractivity contribution in [1.29, 1.82) is 0 Å². The zero-order valence-electron chi connectivity index (χ0n) is 14.0. The number of nitrogens with two attached hydrogens (primary N) is 1. The summed E-state index contributed by atoms with van der Waals surface area (Å²) < 4.78 is 5.33. The van der Waals surface area contributed by atoms with Gasteiger partial charge in [-0.2, -0.15) is 0 Å². The normalized spacial score (nSPS) is 12.5. The molecule has 136 valence electrons. The van der Waals surface area contributed by atoms with Gasteiger partial charge in [-0.3, -0.25) is 19.7 Å². The lowest BCUT2D eigenvalue weighted by atomic mass is 10.1. The number of hydrogen-bond acceptors (Lipinski definition) is 6. The third kappa shape index (κ3) is 3.52. The van der Waals surface area contributed by atoms with E-state index in [1.807, 2.05) is 0 Å². The van der Waals surface area contributed by atoms with E-state index in [-0.39, 0.29) is 11.4 Å². The van der Waals surface area contributed by atoms with E-state index in [1.165, 1.54) is 23.5 Å². The third-order valence-electron chi connectivity index (χ3n) is 4.09. The number of hydrogen-bond donors (Lipinski definition) is 2. The highest BCUT2D eigenvalue weighted by Crippen LogP contribution is 2.38. The van der Waals surface area contributed by atoms with Crippen LogP contribution in [0.3, 0.4) is 0 Å². The fraction of sp³-hybridized carbons (Fsp3) is 0.294. The molecule has 0 aliphatic heterocycles. The quantitative estimate of drug-likeness (QED) is 0.593. The van der Waals surface area contributed by atoms with Crippen LogP contribution in [0.5, 0.6) is 5.75 Å². The van der Waals surface area contributed by atoms with E-state index >= 15 is 0 Å². The van der Waals surface area contributed by atoms with Crippen LogP contribution < -0.4 is 15.8 Å². The largest absolute Gasteiger partial charge is 0.477 e. The monoisotopic (exact) mass is 375 g/mol. The van der Waals surface area contributed by atoms with Crippen molar-refractivity contribution in [1.82, 2.24) is 0 Å². The minimum Gasteiger partial charge on any atom is -0.477 e. The maximum atomic E-state index is 12.2. The number of nitrogens with zero attached hydrogens (tertiary/aromatic N) is 1. The summed E-state index contributed by atoms with van der Waals surface area (Å²) in [7, 11) is 0. The van der Waals surface area contributed by atoms with Crippen LogP contribution in [0.25, 0.3) is 0 Å². The molecule has 0 saturated heterocycles. The number of thiophene rings is 1. The average Bonchev–Trinajstić information content (AvgIpc) is 3.12. The summed E-state index contributed by atoms with van der Waals surface area (Å²) in [5, 5.41) is 14.1. The van der Waals surface area contributed by atoms with Gasteiger partial charge in [0, 0.05) is 10.9 Å². The Hall–Kier alpha value is -2.94. The predicted octanol–water partition coefficient (Wildman–Crippen LogP) is 2.57. The number of nitro groups is 1. The molecule has 9 heteroatoms. The number of carbonyl (C=O) groups excluding carboxylic acids is 2. The molecule has 26 heavy (non-hydrogen) atoms. The van der Waals surface area contributed by atoms with Gasteiger partial charge in [0.2, 0.25) is 0 Å². The molecule has 0 bridgehead atoms. The van der Waals surface area contributed by atoms with Gasteiger partial charge >= 0.3 is 5.69 Å². The van der Waals surface area contributed by atoms with E-state index in [9.17, 15) is 19.7 Å². The van der Waals surface area contributed by atoms with Crippen LogP contribution in [0.2, 0.25) is 0 Å². The highest BCUT2D eigenvalue weighted by molar-refractivity contribution is 7.17. The van der Waals surface area contributed by atoms with Gasteiger partial charge < -0.3 is 15.8 Å². The van der Waals surface area contributed by atoms with Gasteiger partial charge in [-0.05, 0) is 43.4 Å². The standard InChI is InChI=1S/C17H17N3O5S/c1-9-5-6-11(20(23)24)12(7-9)25-8-14(21)19-17-15(16(18)22)10-3-2-4-13(10)26-17/h5-7H,2-4,8H2,1H3,(H2,18,22)(H,19,21). The van der Waals surface area contributed by atoms with Gasteiger partial charge in [0.25, 0.3) is 11.8 Å². The Balaban J connectivity index is 1.72. The van der Waals surface area contributed by atoms with Crippen LogP contribution >= 0.6 is 11.3 Å². The molecular formula is C17H17N3O5S. The molecular weight excluding hydrogens is 358 g/mol. The van der Waals surface area contributed by atoms with Crippen molar-refractivity contribution in [3.63, 3.8) is 0 Å². The Kier molecular flexibility index (Phi) is 4.90. The maximum Gasteiger partial charge on any atom is 0.310 e. The summed E-state index contributed by atoms with van der Waals surface area (Å²) in [6.45, 7) is 1.36. The van der Waals surface area contributed by atoms with Gasteiger partial charge in [0.1, 0.15) is 5.00 Å². The number of aryl methyl sites for hydroxylation is 2. The molecule has 8 nitrogen and oxygen atoms in total. The fourth-order valence-electron chi connectivity index (χ4n) is 2.95. The highest BCUT2D eigenvalue weighted by Gasteiger charge is 2.26. The van der Waals surface area contributed by atoms with Crippen molar-refractivity contribution >= 4 is 33.8 Å². The first kappa shape index (κ1) is 17.9. The third-order valence-corrected chi connectivity index (χ3v) is 5.30. The van der Waals surface area contributed by atoms with Crippen molar-refractivity contribution in [2.75, 3.05) is 11.9 Å². The summed E-state index contributed by atoms with van der Waals surface area (Å²) in [5.74, 6) is -1.06. The van der Waals surface area contributed by atoms with E-state index in [4.69, 9.17) is 10.5 Å². The summed E-state index contributed by atoms with van der Waals surface area (Å²) in [6.07, 6.45) is 2.60. The molecule has 1 aromatic carbocycles. The number of rotatable bonds is 6. The highest BCUT2D eigenvalue weighted by atomic mass is 32.1. The van der Waals surface area contributed by atoms with Gasteiger partial charge in [-0.25, -0.2) is 0 Å². The number of benzene rings is 1. The van der Waals surface area contributed by atoms with Crippen molar-refractivity contribution in [2.24, 2.45) is 5.73 Å². The van der Waals surface area contributed by atoms with Crippen molar-refractivity contribution in [3.8, 4) is 5.75 Å². The topological polar surface area (TPSA) is 125 Å². The molecule has 0 fully saturated rings. The van der Waals surface area contributed by atoms with Crippen LogP contribution in [0, 0.1) is 17.0 Å². The predicted molar refractivity (Wildman–Crippen MR) is 96.8 cm³/mol. The van der Waals surface area contributed by atoms with Crippen LogP contribution in [-0.4, -0.2) is 23.3 Å². The lowest BCUT2D eigenvalue weighted by Gasteiger charge is -2.09. The SMILES string of the molecule is Cc1ccc([N+](=O)[O-])c(OCC(=O)Nc2sc3c(c2C(N)=O)CCC3)c1. The zero-order valence-corrected chi connectivity index (χ0v) is 14.9. The molecule has 0 saturated carbocycles. The molecule has 1 aromatic heterocycles. The van der Waals surface area contributed by atoms with E-state index in [2.05, 4.69) is 5.32 Å². The second-order valence-corrected chi connectivity index (χ2v) is 7.10. The lowest BCUT2D eigenvalue weighted by Crippen LogP contribution is -2.22. The number of carbonyl (C=O) groups is 2. The van der Waals surface area contributed by atoms with Gasteiger partial charge in [-0.15, -0.1) is 11.3 Å². The summed E-state index contributed by atoms with van der Waals surface area (Å²) in [4.78, 5) is 35.5. The maximum absolute atomic E-state index is 12.2.